The smallest absolute Gasteiger partial charge is 0.416 e. The first kappa shape index (κ1) is 17.5. The van der Waals surface area contributed by atoms with E-state index in [0.717, 1.165) is 12.1 Å². The highest BCUT2D eigenvalue weighted by Gasteiger charge is 2.29. The molecule has 0 fully saturated rings. The molecule has 1 aromatic heterocycles. The zero-order valence-electron chi connectivity index (χ0n) is 13.6. The average molecular weight is 361 g/mol. The van der Waals surface area contributed by atoms with Crippen molar-refractivity contribution in [1.29, 1.82) is 0 Å². The van der Waals surface area contributed by atoms with Gasteiger partial charge in [-0.05, 0) is 42.5 Å². The minimum absolute atomic E-state index is 0.186. The summed E-state index contributed by atoms with van der Waals surface area (Å²) in [6, 6.07) is 9.42. The van der Waals surface area contributed by atoms with Gasteiger partial charge in [-0.3, -0.25) is 9.78 Å². The Labute approximate surface area is 146 Å². The number of nitrogens with zero attached hydrogens (tertiary/aromatic N) is 1. The standard InChI is InChI=1S/C18H14F3N3O2/c1-10(25)23-15-7-6-13-14(8-9-22-16(13)17(15)26)24-12-4-2-11(3-5-12)18(19,20)21/h2-9,26H,1H3,(H,22,24)(H,23,25). The molecule has 2 aromatic carbocycles. The first-order valence-corrected chi connectivity index (χ1v) is 7.58. The fourth-order valence-corrected chi connectivity index (χ4v) is 2.50. The van der Waals surface area contributed by atoms with Crippen LogP contribution >= 0.6 is 0 Å². The summed E-state index contributed by atoms with van der Waals surface area (Å²) >= 11 is 0. The number of amides is 1. The molecule has 0 bridgehead atoms. The Morgan fingerprint density at radius 1 is 1.04 bits per heavy atom. The number of halogens is 3. The number of phenolic OH excluding ortho intramolecular Hbond substituents is 1. The van der Waals surface area contributed by atoms with E-state index in [1.165, 1.54) is 31.3 Å². The van der Waals surface area contributed by atoms with Crippen molar-refractivity contribution in [1.82, 2.24) is 4.98 Å². The number of aromatic hydroxyl groups is 1. The number of hydrogen-bond acceptors (Lipinski definition) is 4. The molecule has 0 spiro atoms. The third-order valence-corrected chi connectivity index (χ3v) is 3.69. The molecule has 1 amide bonds. The zero-order valence-corrected chi connectivity index (χ0v) is 13.6. The Hall–Kier alpha value is -3.29. The molecule has 134 valence electrons. The van der Waals surface area contributed by atoms with Gasteiger partial charge in [0.05, 0.1) is 11.3 Å². The fraction of sp³-hybridized carbons (Fsp3) is 0.111. The second kappa shape index (κ2) is 6.55. The van der Waals surface area contributed by atoms with Crippen LogP contribution in [0.15, 0.2) is 48.7 Å². The Balaban J connectivity index is 1.96. The number of nitrogens with one attached hydrogen (secondary N) is 2. The van der Waals surface area contributed by atoms with Crippen LogP contribution in [0.1, 0.15) is 12.5 Å². The summed E-state index contributed by atoms with van der Waals surface area (Å²) in [4.78, 5) is 15.3. The topological polar surface area (TPSA) is 74.2 Å². The van der Waals surface area contributed by atoms with Crippen LogP contribution in [0.5, 0.6) is 5.75 Å². The van der Waals surface area contributed by atoms with E-state index >= 15 is 0 Å². The molecule has 0 unspecified atom stereocenters. The van der Waals surface area contributed by atoms with Crippen molar-refractivity contribution < 1.29 is 23.1 Å². The first-order chi connectivity index (χ1) is 12.3. The molecule has 0 saturated carbocycles. The minimum atomic E-state index is -4.40. The van der Waals surface area contributed by atoms with E-state index in [1.54, 1.807) is 12.1 Å². The van der Waals surface area contributed by atoms with E-state index in [1.807, 2.05) is 0 Å². The number of phenols is 1. The van der Waals surface area contributed by atoms with Crippen LogP contribution in [0.2, 0.25) is 0 Å². The largest absolute Gasteiger partial charge is 0.504 e. The second-order valence-corrected chi connectivity index (χ2v) is 5.60. The normalized spacial score (nSPS) is 11.4. The van der Waals surface area contributed by atoms with Gasteiger partial charge in [0.2, 0.25) is 5.91 Å². The van der Waals surface area contributed by atoms with E-state index in [4.69, 9.17) is 0 Å². The van der Waals surface area contributed by atoms with Crippen molar-refractivity contribution in [2.75, 3.05) is 10.6 Å². The molecule has 0 aliphatic heterocycles. The molecular formula is C18H14F3N3O2. The van der Waals surface area contributed by atoms with Gasteiger partial charge in [0.25, 0.3) is 0 Å². The number of aromatic nitrogens is 1. The van der Waals surface area contributed by atoms with Gasteiger partial charge in [0.15, 0.2) is 5.75 Å². The summed E-state index contributed by atoms with van der Waals surface area (Å²) in [5.74, 6) is -0.521. The lowest BCUT2D eigenvalue weighted by Gasteiger charge is -2.13. The van der Waals surface area contributed by atoms with Crippen LogP contribution < -0.4 is 10.6 Å². The van der Waals surface area contributed by atoms with Crippen LogP contribution in [-0.2, 0) is 11.0 Å². The maximum absolute atomic E-state index is 12.6. The summed E-state index contributed by atoms with van der Waals surface area (Å²) < 4.78 is 37.9. The van der Waals surface area contributed by atoms with Crippen molar-refractivity contribution in [2.24, 2.45) is 0 Å². The minimum Gasteiger partial charge on any atom is -0.504 e. The number of benzene rings is 2. The number of carbonyl (C=O) groups excluding carboxylic acids is 1. The Morgan fingerprint density at radius 2 is 1.73 bits per heavy atom. The molecule has 3 aromatic rings. The zero-order chi connectivity index (χ0) is 18.9. The van der Waals surface area contributed by atoms with E-state index in [2.05, 4.69) is 15.6 Å². The van der Waals surface area contributed by atoms with E-state index < -0.39 is 11.7 Å². The van der Waals surface area contributed by atoms with Gasteiger partial charge in [-0.2, -0.15) is 13.2 Å². The maximum Gasteiger partial charge on any atom is 0.416 e. The highest BCUT2D eigenvalue weighted by Crippen LogP contribution is 2.36. The fourth-order valence-electron chi connectivity index (χ4n) is 2.50. The third kappa shape index (κ3) is 3.53. The highest BCUT2D eigenvalue weighted by molar-refractivity contribution is 6.01. The van der Waals surface area contributed by atoms with Crippen LogP contribution in [-0.4, -0.2) is 16.0 Å². The molecule has 0 aliphatic carbocycles. The molecule has 3 rings (SSSR count). The number of carbonyl (C=O) groups is 1. The third-order valence-electron chi connectivity index (χ3n) is 3.69. The van der Waals surface area contributed by atoms with Crippen LogP contribution in [0, 0.1) is 0 Å². The lowest BCUT2D eigenvalue weighted by molar-refractivity contribution is -0.137. The van der Waals surface area contributed by atoms with Crippen LogP contribution in [0.3, 0.4) is 0 Å². The number of fused-ring (bicyclic) bond motifs is 1. The molecule has 0 aliphatic rings. The summed E-state index contributed by atoms with van der Waals surface area (Å²) in [5.41, 5.74) is 0.757. The lowest BCUT2D eigenvalue weighted by atomic mass is 10.1. The molecule has 5 nitrogen and oxygen atoms in total. The summed E-state index contributed by atoms with van der Waals surface area (Å²) in [7, 11) is 0. The number of pyridine rings is 1. The molecule has 1 heterocycles. The summed E-state index contributed by atoms with van der Waals surface area (Å²) in [5, 5.41) is 16.3. The second-order valence-electron chi connectivity index (χ2n) is 5.60. The molecule has 0 saturated heterocycles. The number of rotatable bonds is 3. The van der Waals surface area contributed by atoms with Crippen molar-refractivity contribution in [2.45, 2.75) is 13.1 Å². The van der Waals surface area contributed by atoms with Gasteiger partial charge in [-0.1, -0.05) is 0 Å². The van der Waals surface area contributed by atoms with E-state index in [0.29, 0.717) is 16.8 Å². The summed E-state index contributed by atoms with van der Waals surface area (Å²) in [6.45, 7) is 1.32. The van der Waals surface area contributed by atoms with Gasteiger partial charge in [-0.15, -0.1) is 0 Å². The number of alkyl halides is 3. The van der Waals surface area contributed by atoms with Gasteiger partial charge in [0.1, 0.15) is 5.52 Å². The number of anilines is 3. The molecule has 26 heavy (non-hydrogen) atoms. The predicted octanol–water partition coefficient (Wildman–Crippen LogP) is 4.66. The quantitative estimate of drug-likeness (QED) is 0.593. The maximum atomic E-state index is 12.6. The molecular weight excluding hydrogens is 347 g/mol. The van der Waals surface area contributed by atoms with Crippen molar-refractivity contribution in [3.63, 3.8) is 0 Å². The molecule has 0 atom stereocenters. The predicted molar refractivity (Wildman–Crippen MR) is 92.4 cm³/mol. The van der Waals surface area contributed by atoms with Gasteiger partial charge >= 0.3 is 6.18 Å². The van der Waals surface area contributed by atoms with E-state index in [-0.39, 0.29) is 22.9 Å². The van der Waals surface area contributed by atoms with Crippen molar-refractivity contribution in [3.05, 3.63) is 54.2 Å². The Morgan fingerprint density at radius 3 is 2.35 bits per heavy atom. The molecule has 8 heteroatoms. The monoisotopic (exact) mass is 361 g/mol. The highest BCUT2D eigenvalue weighted by atomic mass is 19.4. The Kier molecular flexibility index (Phi) is 4.41. The molecule has 0 radical (unpaired) electrons. The van der Waals surface area contributed by atoms with Crippen LogP contribution in [0.25, 0.3) is 10.9 Å². The SMILES string of the molecule is CC(=O)Nc1ccc2c(Nc3ccc(C(F)(F)F)cc3)ccnc2c1O. The van der Waals surface area contributed by atoms with Crippen molar-refractivity contribution >= 4 is 33.9 Å². The van der Waals surface area contributed by atoms with Crippen LogP contribution in [0.4, 0.5) is 30.2 Å². The summed E-state index contributed by atoms with van der Waals surface area (Å²) in [6.07, 6.45) is -2.94. The van der Waals surface area contributed by atoms with Gasteiger partial charge in [-0.25, -0.2) is 0 Å². The first-order valence-electron chi connectivity index (χ1n) is 7.58. The van der Waals surface area contributed by atoms with Crippen molar-refractivity contribution in [3.8, 4) is 5.75 Å². The number of hydrogen-bond donors (Lipinski definition) is 3. The Bertz CT molecular complexity index is 970. The van der Waals surface area contributed by atoms with Gasteiger partial charge in [0, 0.05) is 29.9 Å². The van der Waals surface area contributed by atoms with E-state index in [9.17, 15) is 23.1 Å². The average Bonchev–Trinajstić information content (AvgIpc) is 2.57. The van der Waals surface area contributed by atoms with Gasteiger partial charge < -0.3 is 15.7 Å². The molecule has 3 N–H and O–H groups in total. The lowest BCUT2D eigenvalue weighted by Crippen LogP contribution is -2.06.